The topological polar surface area (TPSA) is 64.3 Å². The molecule has 0 aliphatic heterocycles. The second-order valence-electron chi connectivity index (χ2n) is 4.22. The van der Waals surface area contributed by atoms with Crippen LogP contribution in [0.1, 0.15) is 5.56 Å². The van der Waals surface area contributed by atoms with Crippen molar-refractivity contribution in [3.63, 3.8) is 0 Å². The second kappa shape index (κ2) is 5.91. The van der Waals surface area contributed by atoms with E-state index in [1.807, 2.05) is 31.2 Å². The van der Waals surface area contributed by atoms with E-state index in [0.29, 0.717) is 11.4 Å². The van der Waals surface area contributed by atoms with Crippen LogP contribution in [0.25, 0.3) is 0 Å². The third-order valence-electron chi connectivity index (χ3n) is 2.67. The number of nitrogens with one attached hydrogen (secondary N) is 1. The fourth-order valence-electron chi connectivity index (χ4n) is 1.61. The van der Waals surface area contributed by atoms with Gasteiger partial charge in [0.25, 0.3) is 5.91 Å². The SMILES string of the molecule is Cc1ccccc1NC(=O)COc1ccc(N)cc1. The molecule has 2 aromatic carbocycles. The molecule has 1 amide bonds. The molecule has 4 nitrogen and oxygen atoms in total. The van der Waals surface area contributed by atoms with Crippen molar-refractivity contribution in [2.24, 2.45) is 0 Å². The maximum atomic E-state index is 11.7. The van der Waals surface area contributed by atoms with Crippen LogP contribution in [0.2, 0.25) is 0 Å². The van der Waals surface area contributed by atoms with E-state index in [2.05, 4.69) is 5.32 Å². The lowest BCUT2D eigenvalue weighted by Gasteiger charge is -2.09. The van der Waals surface area contributed by atoms with Crippen LogP contribution in [0.4, 0.5) is 11.4 Å². The Morgan fingerprint density at radius 2 is 1.84 bits per heavy atom. The van der Waals surface area contributed by atoms with E-state index in [9.17, 15) is 4.79 Å². The molecule has 0 saturated heterocycles. The number of hydrogen-bond donors (Lipinski definition) is 2. The maximum absolute atomic E-state index is 11.7. The van der Waals surface area contributed by atoms with E-state index >= 15 is 0 Å². The Morgan fingerprint density at radius 1 is 1.16 bits per heavy atom. The summed E-state index contributed by atoms with van der Waals surface area (Å²) >= 11 is 0. The Bertz CT molecular complexity index is 565. The molecule has 0 radical (unpaired) electrons. The fraction of sp³-hybridized carbons (Fsp3) is 0.133. The lowest BCUT2D eigenvalue weighted by Crippen LogP contribution is -2.20. The van der Waals surface area contributed by atoms with E-state index in [4.69, 9.17) is 10.5 Å². The van der Waals surface area contributed by atoms with Gasteiger partial charge < -0.3 is 15.8 Å². The number of carbonyl (C=O) groups excluding carboxylic acids is 1. The number of aryl methyl sites for hydroxylation is 1. The zero-order chi connectivity index (χ0) is 13.7. The molecule has 2 rings (SSSR count). The summed E-state index contributed by atoms with van der Waals surface area (Å²) in [4.78, 5) is 11.7. The zero-order valence-corrected chi connectivity index (χ0v) is 10.7. The van der Waals surface area contributed by atoms with Crippen LogP contribution < -0.4 is 15.8 Å². The van der Waals surface area contributed by atoms with Crippen molar-refractivity contribution >= 4 is 17.3 Å². The predicted octanol–water partition coefficient (Wildman–Crippen LogP) is 2.59. The van der Waals surface area contributed by atoms with Crippen molar-refractivity contribution in [3.05, 3.63) is 54.1 Å². The summed E-state index contributed by atoms with van der Waals surface area (Å²) < 4.78 is 5.37. The molecule has 0 aromatic heterocycles. The first-order valence-corrected chi connectivity index (χ1v) is 5.99. The van der Waals surface area contributed by atoms with Gasteiger partial charge in [-0.15, -0.1) is 0 Å². The van der Waals surface area contributed by atoms with Crippen molar-refractivity contribution in [1.82, 2.24) is 0 Å². The monoisotopic (exact) mass is 256 g/mol. The normalized spacial score (nSPS) is 9.95. The van der Waals surface area contributed by atoms with Gasteiger partial charge >= 0.3 is 0 Å². The maximum Gasteiger partial charge on any atom is 0.262 e. The van der Waals surface area contributed by atoms with Gasteiger partial charge in [-0.3, -0.25) is 4.79 Å². The first-order valence-electron chi connectivity index (χ1n) is 5.99. The zero-order valence-electron chi connectivity index (χ0n) is 10.7. The van der Waals surface area contributed by atoms with Gasteiger partial charge in [-0.25, -0.2) is 0 Å². The van der Waals surface area contributed by atoms with Gasteiger partial charge in [-0.05, 0) is 42.8 Å². The first kappa shape index (κ1) is 13.0. The van der Waals surface area contributed by atoms with Crippen molar-refractivity contribution in [1.29, 1.82) is 0 Å². The average molecular weight is 256 g/mol. The number of carbonyl (C=O) groups is 1. The molecule has 19 heavy (non-hydrogen) atoms. The Morgan fingerprint density at radius 3 is 2.53 bits per heavy atom. The highest BCUT2D eigenvalue weighted by Crippen LogP contribution is 2.14. The number of amides is 1. The molecule has 0 atom stereocenters. The fourth-order valence-corrected chi connectivity index (χ4v) is 1.61. The lowest BCUT2D eigenvalue weighted by molar-refractivity contribution is -0.118. The Labute approximate surface area is 112 Å². The predicted molar refractivity (Wildman–Crippen MR) is 76.2 cm³/mol. The third-order valence-corrected chi connectivity index (χ3v) is 2.67. The van der Waals surface area contributed by atoms with E-state index in [-0.39, 0.29) is 12.5 Å². The van der Waals surface area contributed by atoms with Crippen LogP contribution in [0.5, 0.6) is 5.75 Å². The van der Waals surface area contributed by atoms with Gasteiger partial charge in [0.05, 0.1) is 0 Å². The lowest BCUT2D eigenvalue weighted by atomic mass is 10.2. The molecule has 4 heteroatoms. The van der Waals surface area contributed by atoms with Gasteiger partial charge in [0, 0.05) is 11.4 Å². The molecule has 0 bridgehead atoms. The molecular formula is C15H16N2O2. The number of benzene rings is 2. The van der Waals surface area contributed by atoms with Crippen LogP contribution in [-0.4, -0.2) is 12.5 Å². The van der Waals surface area contributed by atoms with Gasteiger partial charge in [0.2, 0.25) is 0 Å². The smallest absolute Gasteiger partial charge is 0.262 e. The van der Waals surface area contributed by atoms with Gasteiger partial charge in [-0.2, -0.15) is 0 Å². The molecule has 0 fully saturated rings. The van der Waals surface area contributed by atoms with Crippen molar-refractivity contribution in [2.45, 2.75) is 6.92 Å². The highest BCUT2D eigenvalue weighted by atomic mass is 16.5. The molecule has 0 aliphatic rings. The molecule has 2 aromatic rings. The number of ether oxygens (including phenoxy) is 1. The van der Waals surface area contributed by atoms with Gasteiger partial charge in [0.15, 0.2) is 6.61 Å². The molecule has 0 aliphatic carbocycles. The highest BCUT2D eigenvalue weighted by molar-refractivity contribution is 5.92. The molecule has 0 spiro atoms. The van der Waals surface area contributed by atoms with E-state index < -0.39 is 0 Å². The number of nitrogens with two attached hydrogens (primary N) is 1. The number of para-hydroxylation sites is 1. The molecule has 0 saturated carbocycles. The Hall–Kier alpha value is -2.49. The summed E-state index contributed by atoms with van der Waals surface area (Å²) in [5, 5.41) is 2.80. The van der Waals surface area contributed by atoms with Gasteiger partial charge in [-0.1, -0.05) is 18.2 Å². The quantitative estimate of drug-likeness (QED) is 0.826. The third kappa shape index (κ3) is 3.74. The number of anilines is 2. The average Bonchev–Trinajstić information content (AvgIpc) is 2.41. The van der Waals surface area contributed by atoms with E-state index in [0.717, 1.165) is 11.3 Å². The summed E-state index contributed by atoms with van der Waals surface area (Å²) in [5.41, 5.74) is 8.05. The molecule has 98 valence electrons. The van der Waals surface area contributed by atoms with E-state index in [1.165, 1.54) is 0 Å². The van der Waals surface area contributed by atoms with Crippen molar-refractivity contribution < 1.29 is 9.53 Å². The molecule has 0 unspecified atom stereocenters. The summed E-state index contributed by atoms with van der Waals surface area (Å²) in [6.45, 7) is 1.91. The van der Waals surface area contributed by atoms with Gasteiger partial charge in [0.1, 0.15) is 5.75 Å². The highest BCUT2D eigenvalue weighted by Gasteiger charge is 2.05. The minimum absolute atomic E-state index is 0.0295. The number of hydrogen-bond acceptors (Lipinski definition) is 3. The van der Waals surface area contributed by atoms with Crippen LogP contribution in [0.3, 0.4) is 0 Å². The Kier molecular flexibility index (Phi) is 4.03. The van der Waals surface area contributed by atoms with E-state index in [1.54, 1.807) is 24.3 Å². The number of rotatable bonds is 4. The summed E-state index contributed by atoms with van der Waals surface area (Å²) in [5.74, 6) is 0.431. The number of nitrogen functional groups attached to an aromatic ring is 1. The largest absolute Gasteiger partial charge is 0.484 e. The van der Waals surface area contributed by atoms with Crippen LogP contribution in [0.15, 0.2) is 48.5 Å². The Balaban J connectivity index is 1.88. The minimum atomic E-state index is -0.189. The van der Waals surface area contributed by atoms with Crippen LogP contribution in [0, 0.1) is 6.92 Å². The van der Waals surface area contributed by atoms with Crippen LogP contribution in [-0.2, 0) is 4.79 Å². The summed E-state index contributed by atoms with van der Waals surface area (Å²) in [6, 6.07) is 14.5. The standard InChI is InChI=1S/C15H16N2O2/c1-11-4-2-3-5-14(11)17-15(18)10-19-13-8-6-12(16)7-9-13/h2-9H,10,16H2,1H3,(H,17,18). The summed E-state index contributed by atoms with van der Waals surface area (Å²) in [7, 11) is 0. The molecule has 3 N–H and O–H groups in total. The molecular weight excluding hydrogens is 240 g/mol. The second-order valence-corrected chi connectivity index (χ2v) is 4.22. The van der Waals surface area contributed by atoms with Crippen LogP contribution >= 0.6 is 0 Å². The molecule has 0 heterocycles. The summed E-state index contributed by atoms with van der Waals surface area (Å²) in [6.07, 6.45) is 0. The van der Waals surface area contributed by atoms with Crippen molar-refractivity contribution in [2.75, 3.05) is 17.7 Å². The minimum Gasteiger partial charge on any atom is -0.484 e. The first-order chi connectivity index (χ1) is 9.15. The van der Waals surface area contributed by atoms with Crippen molar-refractivity contribution in [3.8, 4) is 5.75 Å².